The smallest absolute Gasteiger partial charge is 0.387 e. The van der Waals surface area contributed by atoms with Crippen LogP contribution < -0.4 is 15.0 Å². The zero-order valence-corrected chi connectivity index (χ0v) is 15.7. The topological polar surface area (TPSA) is 60.3 Å². The Balaban J connectivity index is 1.58. The van der Waals surface area contributed by atoms with Crippen molar-refractivity contribution in [3.63, 3.8) is 0 Å². The van der Waals surface area contributed by atoms with Gasteiger partial charge in [-0.15, -0.1) is 0 Å². The lowest BCUT2D eigenvalue weighted by molar-refractivity contribution is -0.0504. The Bertz CT molecular complexity index is 808. The van der Waals surface area contributed by atoms with E-state index in [0.29, 0.717) is 18.1 Å². The molecule has 0 aromatic heterocycles. The molecule has 1 saturated heterocycles. The van der Waals surface area contributed by atoms with E-state index in [9.17, 15) is 13.9 Å². The molecule has 6 nitrogen and oxygen atoms in total. The van der Waals surface area contributed by atoms with E-state index in [1.54, 1.807) is 37.4 Å². The lowest BCUT2D eigenvalue weighted by atomic mass is 10.2. The predicted octanol–water partition coefficient (Wildman–Crippen LogP) is 2.89. The van der Waals surface area contributed by atoms with E-state index in [4.69, 9.17) is 0 Å². The van der Waals surface area contributed by atoms with Crippen LogP contribution in [-0.4, -0.2) is 55.8 Å². The molecule has 0 atom stereocenters. The SMILES string of the molecule is CN=C(NCc1ccccc1OC(F)F)N1CCN(c2ccccc2O)CC1. The third kappa shape index (κ3) is 4.82. The second-order valence-electron chi connectivity index (χ2n) is 6.35. The highest BCUT2D eigenvalue weighted by atomic mass is 19.3. The Morgan fingerprint density at radius 3 is 2.46 bits per heavy atom. The van der Waals surface area contributed by atoms with E-state index < -0.39 is 6.61 Å². The Morgan fingerprint density at radius 1 is 1.11 bits per heavy atom. The van der Waals surface area contributed by atoms with Gasteiger partial charge in [0.2, 0.25) is 0 Å². The molecule has 3 rings (SSSR count). The Labute approximate surface area is 163 Å². The van der Waals surface area contributed by atoms with Gasteiger partial charge in [-0.3, -0.25) is 4.99 Å². The van der Waals surface area contributed by atoms with Gasteiger partial charge in [-0.05, 0) is 18.2 Å². The summed E-state index contributed by atoms with van der Waals surface area (Å²) in [6.45, 7) is 0.400. The number of guanidine groups is 1. The number of halogens is 2. The van der Waals surface area contributed by atoms with Crippen molar-refractivity contribution in [3.05, 3.63) is 54.1 Å². The molecule has 28 heavy (non-hydrogen) atoms. The summed E-state index contributed by atoms with van der Waals surface area (Å²) < 4.78 is 29.7. The van der Waals surface area contributed by atoms with Gasteiger partial charge in [-0.2, -0.15) is 8.78 Å². The molecule has 1 fully saturated rings. The van der Waals surface area contributed by atoms with Crippen molar-refractivity contribution in [1.82, 2.24) is 10.2 Å². The van der Waals surface area contributed by atoms with E-state index in [0.717, 1.165) is 31.9 Å². The van der Waals surface area contributed by atoms with Crippen LogP contribution in [0.5, 0.6) is 11.5 Å². The standard InChI is InChI=1S/C20H24F2N4O2/c1-23-20(24-14-15-6-2-5-9-18(15)28-19(21)22)26-12-10-25(11-13-26)16-7-3-4-8-17(16)27/h2-9,19,27H,10-14H2,1H3,(H,23,24). The second kappa shape index (κ2) is 9.25. The number of aromatic hydroxyl groups is 1. The molecular weight excluding hydrogens is 366 g/mol. The number of alkyl halides is 2. The van der Waals surface area contributed by atoms with Crippen LogP contribution in [0.15, 0.2) is 53.5 Å². The number of piperazine rings is 1. The van der Waals surface area contributed by atoms with E-state index in [1.165, 1.54) is 6.07 Å². The molecule has 1 heterocycles. The molecule has 1 aliphatic heterocycles. The molecule has 2 N–H and O–H groups in total. The molecule has 0 amide bonds. The summed E-state index contributed by atoms with van der Waals surface area (Å²) >= 11 is 0. The maximum Gasteiger partial charge on any atom is 0.387 e. The first-order valence-corrected chi connectivity index (χ1v) is 9.09. The molecule has 0 unspecified atom stereocenters. The van der Waals surface area contributed by atoms with Crippen molar-refractivity contribution < 1.29 is 18.6 Å². The molecule has 150 valence electrons. The van der Waals surface area contributed by atoms with Gasteiger partial charge in [0, 0.05) is 45.3 Å². The predicted molar refractivity (Wildman–Crippen MR) is 105 cm³/mol. The third-order valence-corrected chi connectivity index (χ3v) is 4.64. The molecular formula is C20H24F2N4O2. The monoisotopic (exact) mass is 390 g/mol. The van der Waals surface area contributed by atoms with Crippen LogP contribution in [0, 0.1) is 0 Å². The largest absolute Gasteiger partial charge is 0.506 e. The minimum absolute atomic E-state index is 0.157. The maximum atomic E-state index is 12.6. The first kappa shape index (κ1) is 19.7. The maximum absolute atomic E-state index is 12.6. The molecule has 1 aliphatic rings. The zero-order valence-electron chi connectivity index (χ0n) is 15.7. The summed E-state index contributed by atoms with van der Waals surface area (Å²) in [5.41, 5.74) is 1.46. The fourth-order valence-electron chi connectivity index (χ4n) is 3.26. The van der Waals surface area contributed by atoms with Crippen LogP contribution in [0.3, 0.4) is 0 Å². The number of nitrogens with one attached hydrogen (secondary N) is 1. The highest BCUT2D eigenvalue weighted by molar-refractivity contribution is 5.80. The molecule has 2 aromatic carbocycles. The molecule has 0 aliphatic carbocycles. The summed E-state index contributed by atoms with van der Waals surface area (Å²) in [4.78, 5) is 8.54. The van der Waals surface area contributed by atoms with E-state index in [2.05, 4.69) is 24.8 Å². The zero-order chi connectivity index (χ0) is 19.9. The van der Waals surface area contributed by atoms with Gasteiger partial charge in [0.15, 0.2) is 5.96 Å². The van der Waals surface area contributed by atoms with Gasteiger partial charge >= 0.3 is 6.61 Å². The third-order valence-electron chi connectivity index (χ3n) is 4.64. The van der Waals surface area contributed by atoms with Gasteiger partial charge in [0.1, 0.15) is 11.5 Å². The van der Waals surface area contributed by atoms with Crippen LogP contribution in [-0.2, 0) is 6.54 Å². The lowest BCUT2D eigenvalue weighted by Crippen LogP contribution is -2.52. The Hall–Kier alpha value is -3.03. The van der Waals surface area contributed by atoms with Crippen LogP contribution in [0.25, 0.3) is 0 Å². The van der Waals surface area contributed by atoms with Crippen LogP contribution in [0.4, 0.5) is 14.5 Å². The van der Waals surface area contributed by atoms with Crippen molar-refractivity contribution >= 4 is 11.6 Å². The number of anilines is 1. The van der Waals surface area contributed by atoms with Gasteiger partial charge in [-0.25, -0.2) is 0 Å². The molecule has 0 spiro atoms. The minimum atomic E-state index is -2.86. The summed E-state index contributed by atoms with van der Waals surface area (Å²) in [6.07, 6.45) is 0. The van der Waals surface area contributed by atoms with E-state index in [-0.39, 0.29) is 11.5 Å². The van der Waals surface area contributed by atoms with Crippen molar-refractivity contribution in [3.8, 4) is 11.5 Å². The Kier molecular flexibility index (Phi) is 6.52. The molecule has 0 saturated carbocycles. The number of phenolic OH excluding ortho intramolecular Hbond substituents is 1. The van der Waals surface area contributed by atoms with Crippen molar-refractivity contribution in [1.29, 1.82) is 0 Å². The number of hydrogen-bond acceptors (Lipinski definition) is 4. The highest BCUT2D eigenvalue weighted by Gasteiger charge is 2.21. The van der Waals surface area contributed by atoms with Gasteiger partial charge in [0.05, 0.1) is 5.69 Å². The fraction of sp³-hybridized carbons (Fsp3) is 0.350. The summed E-state index contributed by atoms with van der Waals surface area (Å²) in [5.74, 6) is 1.13. The summed E-state index contributed by atoms with van der Waals surface area (Å²) in [6, 6.07) is 14.0. The van der Waals surface area contributed by atoms with Crippen molar-refractivity contribution in [2.45, 2.75) is 13.2 Å². The van der Waals surface area contributed by atoms with Crippen molar-refractivity contribution in [2.24, 2.45) is 4.99 Å². The molecule has 2 aromatic rings. The molecule has 0 radical (unpaired) electrons. The first-order chi connectivity index (χ1) is 13.6. The average Bonchev–Trinajstić information content (AvgIpc) is 2.70. The first-order valence-electron chi connectivity index (χ1n) is 9.09. The number of rotatable bonds is 5. The highest BCUT2D eigenvalue weighted by Crippen LogP contribution is 2.27. The van der Waals surface area contributed by atoms with Crippen molar-refractivity contribution in [2.75, 3.05) is 38.1 Å². The Morgan fingerprint density at radius 2 is 1.79 bits per heavy atom. The summed E-state index contributed by atoms with van der Waals surface area (Å²) in [7, 11) is 1.69. The van der Waals surface area contributed by atoms with Crippen LogP contribution >= 0.6 is 0 Å². The number of para-hydroxylation sites is 3. The van der Waals surface area contributed by atoms with Gasteiger partial charge in [0.25, 0.3) is 0 Å². The van der Waals surface area contributed by atoms with Gasteiger partial charge in [-0.1, -0.05) is 30.3 Å². The normalized spacial score (nSPS) is 15.1. The molecule has 0 bridgehead atoms. The number of hydrogen-bond donors (Lipinski definition) is 2. The second-order valence-corrected chi connectivity index (χ2v) is 6.35. The van der Waals surface area contributed by atoms with Crippen LogP contribution in [0.1, 0.15) is 5.56 Å². The fourth-order valence-corrected chi connectivity index (χ4v) is 3.26. The van der Waals surface area contributed by atoms with E-state index in [1.807, 2.05) is 12.1 Å². The quantitative estimate of drug-likeness (QED) is 0.607. The summed E-state index contributed by atoms with van der Waals surface area (Å²) in [5, 5.41) is 13.2. The number of phenols is 1. The molecule has 8 heteroatoms. The number of benzene rings is 2. The lowest BCUT2D eigenvalue weighted by Gasteiger charge is -2.37. The van der Waals surface area contributed by atoms with Crippen LogP contribution in [0.2, 0.25) is 0 Å². The number of ether oxygens (including phenoxy) is 1. The average molecular weight is 390 g/mol. The number of nitrogens with zero attached hydrogens (tertiary/aromatic N) is 3. The minimum Gasteiger partial charge on any atom is -0.506 e. The number of aliphatic imine (C=N–C) groups is 1. The van der Waals surface area contributed by atoms with Gasteiger partial charge < -0.3 is 25.0 Å². The van der Waals surface area contributed by atoms with E-state index >= 15 is 0 Å².